The summed E-state index contributed by atoms with van der Waals surface area (Å²) in [4.78, 5) is 33.1. The van der Waals surface area contributed by atoms with Gasteiger partial charge in [-0.2, -0.15) is 0 Å². The van der Waals surface area contributed by atoms with E-state index in [0.717, 1.165) is 36.5 Å². The Bertz CT molecular complexity index is 1090. The zero-order valence-electron chi connectivity index (χ0n) is 19.6. The molecule has 1 atom stereocenters. The molecule has 0 bridgehead atoms. The molecule has 4 N–H and O–H groups in total. The number of H-pyrrole nitrogens is 1. The van der Waals surface area contributed by atoms with Crippen LogP contribution in [0, 0.1) is 13.8 Å². The molecule has 7 nitrogen and oxygen atoms in total. The van der Waals surface area contributed by atoms with Gasteiger partial charge in [0.05, 0.1) is 27.5 Å². The zero-order chi connectivity index (χ0) is 23.7. The Morgan fingerprint density at radius 1 is 1.28 bits per heavy atom. The molecule has 1 saturated heterocycles. The number of amides is 2. The maximum atomic E-state index is 13.2. The maximum absolute atomic E-state index is 13.2. The lowest BCUT2D eigenvalue weighted by Gasteiger charge is -2.20. The van der Waals surface area contributed by atoms with Crippen LogP contribution in [0.5, 0.6) is 0 Å². The molecule has 3 heterocycles. The second-order valence-electron chi connectivity index (χ2n) is 8.25. The van der Waals surface area contributed by atoms with E-state index in [-0.39, 0.29) is 11.8 Å². The average Bonchev–Trinajstić information content (AvgIpc) is 3.42. The Labute approximate surface area is 194 Å². The molecule has 0 saturated carbocycles. The van der Waals surface area contributed by atoms with E-state index >= 15 is 0 Å². The zero-order valence-corrected chi connectivity index (χ0v) is 20.4. The van der Waals surface area contributed by atoms with Gasteiger partial charge in [-0.1, -0.05) is 25.4 Å². The van der Waals surface area contributed by atoms with E-state index in [1.807, 2.05) is 46.7 Å². The summed E-state index contributed by atoms with van der Waals surface area (Å²) in [6, 6.07) is 3.73. The standard InChI is InChI=1S/C22H26ClN5O2.C2H6/c1-11-18(8-15-14-7-17(24)16(23)9-19(14)26-21(15)29)25-12(2)20(11)22(30)28-6-5-13(10-28)27(3)4;1-2/h7-9,13,25H,5-6,10,24H2,1-4H3,(H,26,29);1-2H3/b15-8-;. The van der Waals surface area contributed by atoms with Crippen LogP contribution in [0.15, 0.2) is 12.1 Å². The van der Waals surface area contributed by atoms with Gasteiger partial charge in [-0.15, -0.1) is 0 Å². The van der Waals surface area contributed by atoms with Gasteiger partial charge in [0.1, 0.15) is 0 Å². The van der Waals surface area contributed by atoms with Crippen LogP contribution in [0.2, 0.25) is 5.02 Å². The topological polar surface area (TPSA) is 94.5 Å². The first kappa shape index (κ1) is 23.9. The minimum Gasteiger partial charge on any atom is -0.398 e. The third-order valence-corrected chi connectivity index (χ3v) is 6.41. The smallest absolute Gasteiger partial charge is 0.256 e. The summed E-state index contributed by atoms with van der Waals surface area (Å²) < 4.78 is 0. The Morgan fingerprint density at radius 2 is 1.97 bits per heavy atom. The molecular formula is C24H32ClN5O2. The summed E-state index contributed by atoms with van der Waals surface area (Å²) in [5.74, 6) is -0.192. The number of aromatic amines is 1. The monoisotopic (exact) mass is 457 g/mol. The molecule has 8 heteroatoms. The number of hydrogen-bond acceptors (Lipinski definition) is 4. The van der Waals surface area contributed by atoms with Crippen molar-refractivity contribution in [3.05, 3.63) is 45.2 Å². The van der Waals surface area contributed by atoms with Crippen LogP contribution in [0.4, 0.5) is 11.4 Å². The van der Waals surface area contributed by atoms with Crippen molar-refractivity contribution < 1.29 is 9.59 Å². The number of benzene rings is 1. The largest absolute Gasteiger partial charge is 0.398 e. The van der Waals surface area contributed by atoms with Crippen LogP contribution in [-0.2, 0) is 4.79 Å². The highest BCUT2D eigenvalue weighted by molar-refractivity contribution is 6.38. The third kappa shape index (κ3) is 4.27. The van der Waals surface area contributed by atoms with Crippen molar-refractivity contribution in [1.82, 2.24) is 14.8 Å². The number of likely N-dealkylation sites (N-methyl/N-ethyl adjacent to an activating group) is 1. The lowest BCUT2D eigenvalue weighted by atomic mass is 10.0. The van der Waals surface area contributed by atoms with Gasteiger partial charge in [-0.25, -0.2) is 0 Å². The number of fused-ring (bicyclic) bond motifs is 1. The minimum absolute atomic E-state index is 0.0301. The molecule has 1 unspecified atom stereocenters. The van der Waals surface area contributed by atoms with E-state index in [0.29, 0.717) is 39.1 Å². The number of likely N-dealkylation sites (tertiary alicyclic amines) is 1. The van der Waals surface area contributed by atoms with Crippen molar-refractivity contribution in [3.8, 4) is 0 Å². The van der Waals surface area contributed by atoms with Gasteiger partial charge >= 0.3 is 0 Å². The predicted octanol–water partition coefficient (Wildman–Crippen LogP) is 4.16. The number of halogens is 1. The molecule has 2 aliphatic heterocycles. The molecule has 1 fully saturated rings. The van der Waals surface area contributed by atoms with Crippen LogP contribution in [0.25, 0.3) is 11.6 Å². The molecule has 1 aromatic carbocycles. The first-order chi connectivity index (χ1) is 15.2. The van der Waals surface area contributed by atoms with Gasteiger partial charge in [0, 0.05) is 36.1 Å². The van der Waals surface area contributed by atoms with Gasteiger partial charge in [-0.3, -0.25) is 9.59 Å². The van der Waals surface area contributed by atoms with Crippen LogP contribution in [0.3, 0.4) is 0 Å². The molecule has 0 spiro atoms. The number of nitrogen functional groups attached to an aromatic ring is 1. The van der Waals surface area contributed by atoms with Crippen molar-refractivity contribution in [3.63, 3.8) is 0 Å². The van der Waals surface area contributed by atoms with Crippen molar-refractivity contribution in [2.45, 2.75) is 40.2 Å². The Hall–Kier alpha value is -2.77. The summed E-state index contributed by atoms with van der Waals surface area (Å²) in [5, 5.41) is 3.22. The van der Waals surface area contributed by atoms with Crippen LogP contribution >= 0.6 is 11.6 Å². The van der Waals surface area contributed by atoms with Gasteiger partial charge in [0.2, 0.25) is 0 Å². The Kier molecular flexibility index (Phi) is 7.00. The lowest BCUT2D eigenvalue weighted by Crippen LogP contribution is -2.34. The van der Waals surface area contributed by atoms with Crippen LogP contribution in [-0.4, -0.2) is 59.8 Å². The number of aromatic nitrogens is 1. The highest BCUT2D eigenvalue weighted by atomic mass is 35.5. The summed E-state index contributed by atoms with van der Waals surface area (Å²) in [7, 11) is 4.08. The summed E-state index contributed by atoms with van der Waals surface area (Å²) >= 11 is 6.08. The number of nitrogens with two attached hydrogens (primary N) is 1. The van der Waals surface area contributed by atoms with E-state index < -0.39 is 0 Å². The highest BCUT2D eigenvalue weighted by Crippen LogP contribution is 2.38. The lowest BCUT2D eigenvalue weighted by molar-refractivity contribution is -0.110. The molecule has 1 aromatic heterocycles. The van der Waals surface area contributed by atoms with E-state index in [1.165, 1.54) is 0 Å². The number of anilines is 2. The Morgan fingerprint density at radius 3 is 2.59 bits per heavy atom. The third-order valence-electron chi connectivity index (χ3n) is 6.08. The summed E-state index contributed by atoms with van der Waals surface area (Å²) in [6.45, 7) is 9.27. The molecule has 2 aliphatic rings. The molecule has 2 aromatic rings. The average molecular weight is 458 g/mol. The molecule has 4 rings (SSSR count). The number of hydrogen-bond donors (Lipinski definition) is 3. The minimum atomic E-state index is -0.223. The van der Waals surface area contributed by atoms with Gasteiger partial charge in [-0.05, 0) is 58.1 Å². The number of nitrogens with one attached hydrogen (secondary N) is 2. The van der Waals surface area contributed by atoms with E-state index in [1.54, 1.807) is 18.2 Å². The number of nitrogens with zero attached hydrogens (tertiary/aromatic N) is 2. The second-order valence-corrected chi connectivity index (χ2v) is 8.66. The van der Waals surface area contributed by atoms with Gasteiger partial charge < -0.3 is 25.8 Å². The van der Waals surface area contributed by atoms with Crippen molar-refractivity contribution >= 4 is 46.4 Å². The first-order valence-electron chi connectivity index (χ1n) is 10.9. The summed E-state index contributed by atoms with van der Waals surface area (Å²) in [5.41, 5.74) is 11.2. The number of aryl methyl sites for hydroxylation is 1. The molecule has 32 heavy (non-hydrogen) atoms. The van der Waals surface area contributed by atoms with E-state index in [9.17, 15) is 9.59 Å². The highest BCUT2D eigenvalue weighted by Gasteiger charge is 2.31. The van der Waals surface area contributed by atoms with Crippen LogP contribution in [0.1, 0.15) is 53.1 Å². The van der Waals surface area contributed by atoms with Crippen molar-refractivity contribution in [1.29, 1.82) is 0 Å². The van der Waals surface area contributed by atoms with Crippen molar-refractivity contribution in [2.75, 3.05) is 38.2 Å². The second kappa shape index (κ2) is 9.38. The maximum Gasteiger partial charge on any atom is 0.256 e. The van der Waals surface area contributed by atoms with E-state index in [2.05, 4.69) is 15.2 Å². The fraction of sp³-hybridized carbons (Fsp3) is 0.417. The van der Waals surface area contributed by atoms with Crippen molar-refractivity contribution in [2.24, 2.45) is 0 Å². The molecule has 0 radical (unpaired) electrons. The molecular weight excluding hydrogens is 426 g/mol. The fourth-order valence-corrected chi connectivity index (χ4v) is 4.42. The normalized spacial score (nSPS) is 18.6. The van der Waals surface area contributed by atoms with E-state index in [4.69, 9.17) is 17.3 Å². The van der Waals surface area contributed by atoms with Gasteiger partial charge in [0.15, 0.2) is 0 Å². The van der Waals surface area contributed by atoms with Gasteiger partial charge in [0.25, 0.3) is 11.8 Å². The molecule has 0 aliphatic carbocycles. The fourth-order valence-electron chi connectivity index (χ4n) is 4.26. The predicted molar refractivity (Wildman–Crippen MR) is 132 cm³/mol. The molecule has 2 amide bonds. The Balaban J connectivity index is 0.00000141. The summed E-state index contributed by atoms with van der Waals surface area (Å²) in [6.07, 6.45) is 2.75. The number of carbonyl (C=O) groups excluding carboxylic acids is 2. The SMILES string of the molecule is CC.Cc1[nH]c(/C=C2\C(=O)Nc3cc(Cl)c(N)cc32)c(C)c1C(=O)N1CCC(N(C)C)C1. The molecule has 172 valence electrons. The quantitative estimate of drug-likeness (QED) is 0.476. The number of rotatable bonds is 3. The van der Waals surface area contributed by atoms with Crippen LogP contribution < -0.4 is 11.1 Å². The number of carbonyl (C=O) groups is 2. The first-order valence-corrected chi connectivity index (χ1v) is 11.3.